The Kier molecular flexibility index (Phi) is 3.25. The van der Waals surface area contributed by atoms with Crippen LogP contribution in [0.5, 0.6) is 5.75 Å². The number of ether oxygens (including phenoxy) is 1. The van der Waals surface area contributed by atoms with Crippen LogP contribution in [0.3, 0.4) is 0 Å². The molecule has 0 aliphatic rings. The zero-order chi connectivity index (χ0) is 9.84. The van der Waals surface area contributed by atoms with E-state index in [1.807, 2.05) is 13.0 Å². The van der Waals surface area contributed by atoms with Gasteiger partial charge in [0, 0.05) is 5.56 Å². The van der Waals surface area contributed by atoms with Crippen LogP contribution in [0.25, 0.3) is 0 Å². The quantitative estimate of drug-likeness (QED) is 0.773. The number of hydrogen-bond donors (Lipinski definition) is 1. The Bertz CT molecular complexity index is 299. The molecule has 0 unspecified atom stereocenters. The maximum absolute atomic E-state index is 13.3. The second kappa shape index (κ2) is 4.23. The first-order valence-electron chi connectivity index (χ1n) is 4.22. The van der Waals surface area contributed by atoms with Crippen molar-refractivity contribution in [2.75, 3.05) is 13.7 Å². The average Bonchev–Trinajstić information content (AvgIpc) is 2.09. The Hall–Kier alpha value is -1.09. The number of aryl methyl sites for hydroxylation is 1. The first-order chi connectivity index (χ1) is 6.19. The molecule has 0 heterocycles. The molecule has 0 fully saturated rings. The molecule has 3 heteroatoms. The predicted octanol–water partition coefficient (Wildman–Crippen LogP) is 1.64. The highest BCUT2D eigenvalue weighted by Crippen LogP contribution is 2.23. The fourth-order valence-corrected chi connectivity index (χ4v) is 1.31. The molecular weight excluding hydrogens is 169 g/mol. The van der Waals surface area contributed by atoms with Gasteiger partial charge in [-0.25, -0.2) is 4.39 Å². The molecule has 0 amide bonds. The lowest BCUT2D eigenvalue weighted by Crippen LogP contribution is -2.06. The van der Waals surface area contributed by atoms with Crippen molar-refractivity contribution in [3.05, 3.63) is 29.1 Å². The Balaban J connectivity index is 3.13. The van der Waals surface area contributed by atoms with Gasteiger partial charge in [-0.05, 0) is 37.6 Å². The van der Waals surface area contributed by atoms with Gasteiger partial charge in [-0.2, -0.15) is 0 Å². The van der Waals surface area contributed by atoms with Gasteiger partial charge in [0.1, 0.15) is 11.6 Å². The minimum atomic E-state index is -0.234. The van der Waals surface area contributed by atoms with E-state index in [2.05, 4.69) is 0 Å². The van der Waals surface area contributed by atoms with Crippen LogP contribution < -0.4 is 10.5 Å². The molecule has 0 saturated carbocycles. The molecule has 1 aromatic carbocycles. The van der Waals surface area contributed by atoms with Gasteiger partial charge in [0.2, 0.25) is 0 Å². The molecule has 0 aliphatic carbocycles. The highest BCUT2D eigenvalue weighted by atomic mass is 19.1. The summed E-state index contributed by atoms with van der Waals surface area (Å²) in [5.74, 6) is 0.352. The maximum atomic E-state index is 13.3. The van der Waals surface area contributed by atoms with E-state index in [4.69, 9.17) is 10.5 Å². The zero-order valence-corrected chi connectivity index (χ0v) is 7.93. The summed E-state index contributed by atoms with van der Waals surface area (Å²) in [5.41, 5.74) is 6.79. The van der Waals surface area contributed by atoms with Gasteiger partial charge in [-0.1, -0.05) is 0 Å². The molecule has 0 bridgehead atoms. The minimum absolute atomic E-state index is 0.234. The summed E-state index contributed by atoms with van der Waals surface area (Å²) in [7, 11) is 1.54. The third kappa shape index (κ3) is 2.18. The van der Waals surface area contributed by atoms with E-state index in [1.54, 1.807) is 0 Å². The Labute approximate surface area is 77.5 Å². The largest absolute Gasteiger partial charge is 0.496 e. The van der Waals surface area contributed by atoms with Crippen LogP contribution in [0.15, 0.2) is 12.1 Å². The van der Waals surface area contributed by atoms with E-state index in [0.29, 0.717) is 24.3 Å². The molecule has 2 N–H and O–H groups in total. The number of benzene rings is 1. The van der Waals surface area contributed by atoms with Crippen LogP contribution in [0.1, 0.15) is 11.1 Å². The summed E-state index contributed by atoms with van der Waals surface area (Å²) >= 11 is 0. The van der Waals surface area contributed by atoms with Gasteiger partial charge < -0.3 is 10.5 Å². The van der Waals surface area contributed by atoms with Gasteiger partial charge in [0.25, 0.3) is 0 Å². The van der Waals surface area contributed by atoms with E-state index < -0.39 is 0 Å². The smallest absolute Gasteiger partial charge is 0.130 e. The van der Waals surface area contributed by atoms with Crippen molar-refractivity contribution in [3.8, 4) is 5.75 Å². The first-order valence-corrected chi connectivity index (χ1v) is 4.22. The lowest BCUT2D eigenvalue weighted by Gasteiger charge is -2.09. The summed E-state index contributed by atoms with van der Waals surface area (Å²) in [6.45, 7) is 2.26. The van der Waals surface area contributed by atoms with Crippen molar-refractivity contribution in [1.29, 1.82) is 0 Å². The van der Waals surface area contributed by atoms with Gasteiger partial charge in [0.15, 0.2) is 0 Å². The topological polar surface area (TPSA) is 35.2 Å². The number of methoxy groups -OCH3 is 1. The van der Waals surface area contributed by atoms with Crippen LogP contribution in [-0.2, 0) is 6.42 Å². The highest BCUT2D eigenvalue weighted by Gasteiger charge is 2.08. The van der Waals surface area contributed by atoms with Crippen molar-refractivity contribution >= 4 is 0 Å². The van der Waals surface area contributed by atoms with Crippen molar-refractivity contribution in [2.45, 2.75) is 13.3 Å². The summed E-state index contributed by atoms with van der Waals surface area (Å²) < 4.78 is 18.4. The minimum Gasteiger partial charge on any atom is -0.496 e. The Morgan fingerprint density at radius 2 is 2.15 bits per heavy atom. The van der Waals surface area contributed by atoms with Crippen LogP contribution >= 0.6 is 0 Å². The van der Waals surface area contributed by atoms with E-state index >= 15 is 0 Å². The van der Waals surface area contributed by atoms with Crippen LogP contribution in [0.2, 0.25) is 0 Å². The van der Waals surface area contributed by atoms with E-state index in [1.165, 1.54) is 13.2 Å². The van der Waals surface area contributed by atoms with E-state index in [-0.39, 0.29) is 5.82 Å². The number of hydrogen-bond acceptors (Lipinski definition) is 2. The van der Waals surface area contributed by atoms with Gasteiger partial charge in [-0.15, -0.1) is 0 Å². The zero-order valence-electron chi connectivity index (χ0n) is 7.93. The molecule has 1 aromatic rings. The van der Waals surface area contributed by atoms with Gasteiger partial charge in [-0.3, -0.25) is 0 Å². The Morgan fingerprint density at radius 1 is 1.46 bits per heavy atom. The summed E-state index contributed by atoms with van der Waals surface area (Å²) in [6.07, 6.45) is 0.509. The van der Waals surface area contributed by atoms with Gasteiger partial charge >= 0.3 is 0 Å². The molecule has 2 nitrogen and oxygen atoms in total. The molecule has 72 valence electrons. The molecular formula is C10H14FNO. The first kappa shape index (κ1) is 9.99. The lowest BCUT2D eigenvalue weighted by atomic mass is 10.1. The SMILES string of the molecule is COc1cc(C)cc(F)c1CCN. The third-order valence-electron chi connectivity index (χ3n) is 1.91. The van der Waals surface area contributed by atoms with Crippen molar-refractivity contribution in [3.63, 3.8) is 0 Å². The molecule has 1 rings (SSSR count). The number of halogens is 1. The molecule has 0 aromatic heterocycles. The van der Waals surface area contributed by atoms with Crippen molar-refractivity contribution in [2.24, 2.45) is 5.73 Å². The summed E-state index contributed by atoms with van der Waals surface area (Å²) in [6, 6.07) is 3.31. The highest BCUT2D eigenvalue weighted by molar-refractivity contribution is 5.38. The predicted molar refractivity (Wildman–Crippen MR) is 50.4 cm³/mol. The second-order valence-corrected chi connectivity index (χ2v) is 2.97. The average molecular weight is 183 g/mol. The monoisotopic (exact) mass is 183 g/mol. The van der Waals surface area contributed by atoms with Crippen molar-refractivity contribution in [1.82, 2.24) is 0 Å². The second-order valence-electron chi connectivity index (χ2n) is 2.97. The molecule has 13 heavy (non-hydrogen) atoms. The Morgan fingerprint density at radius 3 is 2.69 bits per heavy atom. The van der Waals surface area contributed by atoms with Crippen molar-refractivity contribution < 1.29 is 9.13 Å². The maximum Gasteiger partial charge on any atom is 0.130 e. The number of nitrogens with two attached hydrogens (primary N) is 1. The summed E-state index contributed by atoms with van der Waals surface area (Å²) in [5, 5.41) is 0. The van der Waals surface area contributed by atoms with E-state index in [0.717, 1.165) is 5.56 Å². The fraction of sp³-hybridized carbons (Fsp3) is 0.400. The summed E-state index contributed by atoms with van der Waals surface area (Å²) in [4.78, 5) is 0. The molecule has 0 atom stereocenters. The molecule has 0 aliphatic heterocycles. The molecule has 0 radical (unpaired) electrons. The third-order valence-corrected chi connectivity index (χ3v) is 1.91. The van der Waals surface area contributed by atoms with Crippen LogP contribution in [0, 0.1) is 12.7 Å². The standard InChI is InChI=1S/C10H14FNO/c1-7-5-9(11)8(3-4-12)10(6-7)13-2/h5-6H,3-4,12H2,1-2H3. The lowest BCUT2D eigenvalue weighted by molar-refractivity contribution is 0.404. The molecule has 0 saturated heterocycles. The molecule has 0 spiro atoms. The number of rotatable bonds is 3. The van der Waals surface area contributed by atoms with Crippen LogP contribution in [0.4, 0.5) is 4.39 Å². The van der Waals surface area contributed by atoms with Gasteiger partial charge in [0.05, 0.1) is 7.11 Å². The van der Waals surface area contributed by atoms with Crippen LogP contribution in [-0.4, -0.2) is 13.7 Å². The van der Waals surface area contributed by atoms with E-state index in [9.17, 15) is 4.39 Å². The fourth-order valence-electron chi connectivity index (χ4n) is 1.31. The normalized spacial score (nSPS) is 10.2.